The van der Waals surface area contributed by atoms with Crippen LogP contribution in [0, 0.1) is 6.92 Å². The lowest BCUT2D eigenvalue weighted by molar-refractivity contribution is 0.112. The van der Waals surface area contributed by atoms with Crippen LogP contribution in [0.2, 0.25) is 0 Å². The normalized spacial score (nSPS) is 10.5. The number of carbonyl (C=O) groups excluding carboxylic acids is 1. The van der Waals surface area contributed by atoms with Crippen molar-refractivity contribution in [2.24, 2.45) is 0 Å². The monoisotopic (exact) mass is 177 g/mol. The average Bonchev–Trinajstić information content (AvgIpc) is 2.47. The van der Waals surface area contributed by atoms with Crippen molar-refractivity contribution in [3.63, 3.8) is 0 Å². The highest BCUT2D eigenvalue weighted by Gasteiger charge is 2.07. The first-order valence-corrected chi connectivity index (χ1v) is 3.75. The minimum Gasteiger partial charge on any atom is -0.345 e. The zero-order valence-electron chi connectivity index (χ0n) is 6.92. The molecule has 2 aromatic rings. The Labute approximate surface area is 72.8 Å². The Balaban J connectivity index is 2.98. The van der Waals surface area contributed by atoms with E-state index < -0.39 is 0 Å². The van der Waals surface area contributed by atoms with E-state index in [0.29, 0.717) is 28.7 Å². The third-order valence-electron chi connectivity index (χ3n) is 1.82. The topological polar surface area (TPSA) is 78.6 Å². The summed E-state index contributed by atoms with van der Waals surface area (Å²) in [5, 5.41) is 0.320. The molecule has 5 heteroatoms. The Morgan fingerprint density at radius 3 is 3.00 bits per heavy atom. The molecule has 0 aliphatic heterocycles. The Morgan fingerprint density at radius 2 is 2.31 bits per heavy atom. The molecular weight excluding hydrogens is 170 g/mol. The minimum absolute atomic E-state index is 0.286. The molecule has 0 amide bonds. The van der Waals surface area contributed by atoms with Crippen LogP contribution in [0.4, 0.5) is 0 Å². The second-order valence-corrected chi connectivity index (χ2v) is 2.74. The number of aryl methyl sites for hydroxylation is 1. The molecule has 0 unspecified atom stereocenters. The maximum atomic E-state index is 11.4. The molecule has 0 bridgehead atoms. The number of fused-ring (bicyclic) bond motifs is 1. The number of H-pyrrole nitrogens is 2. The van der Waals surface area contributed by atoms with E-state index in [9.17, 15) is 9.59 Å². The van der Waals surface area contributed by atoms with Crippen LogP contribution in [0.5, 0.6) is 0 Å². The Kier molecular flexibility index (Phi) is 1.51. The zero-order valence-corrected chi connectivity index (χ0v) is 6.92. The van der Waals surface area contributed by atoms with Crippen molar-refractivity contribution in [2.75, 3.05) is 0 Å². The third kappa shape index (κ3) is 1.05. The van der Waals surface area contributed by atoms with Crippen molar-refractivity contribution in [2.45, 2.75) is 6.92 Å². The quantitative estimate of drug-likeness (QED) is 0.618. The Hall–Kier alpha value is -1.91. The van der Waals surface area contributed by atoms with E-state index in [-0.39, 0.29) is 5.56 Å². The van der Waals surface area contributed by atoms with E-state index in [0.717, 1.165) is 0 Å². The summed E-state index contributed by atoms with van der Waals surface area (Å²) in [6.45, 7) is 1.68. The van der Waals surface area contributed by atoms with Gasteiger partial charge in [-0.3, -0.25) is 9.59 Å². The highest BCUT2D eigenvalue weighted by atomic mass is 16.1. The molecule has 0 radical (unpaired) electrons. The molecule has 13 heavy (non-hydrogen) atoms. The SMILES string of the molecule is Cc1nc2[nH]cc(C=O)c2c(=O)[nH]1. The van der Waals surface area contributed by atoms with Crippen molar-refractivity contribution < 1.29 is 4.79 Å². The van der Waals surface area contributed by atoms with Crippen LogP contribution in [-0.4, -0.2) is 21.2 Å². The molecule has 0 saturated heterocycles. The van der Waals surface area contributed by atoms with Crippen molar-refractivity contribution in [1.82, 2.24) is 15.0 Å². The molecule has 2 heterocycles. The van der Waals surface area contributed by atoms with Crippen LogP contribution >= 0.6 is 0 Å². The molecule has 0 fully saturated rings. The summed E-state index contributed by atoms with van der Waals surface area (Å²) >= 11 is 0. The van der Waals surface area contributed by atoms with Crippen LogP contribution in [-0.2, 0) is 0 Å². The summed E-state index contributed by atoms with van der Waals surface area (Å²) in [7, 11) is 0. The first kappa shape index (κ1) is 7.72. The van der Waals surface area contributed by atoms with Gasteiger partial charge in [0.25, 0.3) is 5.56 Å². The number of aromatic nitrogens is 3. The second kappa shape index (κ2) is 2.55. The van der Waals surface area contributed by atoms with E-state index in [1.54, 1.807) is 6.92 Å². The van der Waals surface area contributed by atoms with Gasteiger partial charge >= 0.3 is 0 Å². The molecule has 0 spiro atoms. The van der Waals surface area contributed by atoms with Gasteiger partial charge in [0.15, 0.2) is 6.29 Å². The van der Waals surface area contributed by atoms with Gasteiger partial charge in [-0.2, -0.15) is 0 Å². The van der Waals surface area contributed by atoms with Crippen LogP contribution in [0.1, 0.15) is 16.2 Å². The Morgan fingerprint density at radius 1 is 1.54 bits per heavy atom. The molecule has 66 valence electrons. The van der Waals surface area contributed by atoms with Crippen LogP contribution in [0.25, 0.3) is 11.0 Å². The molecule has 2 rings (SSSR count). The number of hydrogen-bond acceptors (Lipinski definition) is 3. The van der Waals surface area contributed by atoms with Gasteiger partial charge in [-0.1, -0.05) is 0 Å². The molecule has 0 aliphatic carbocycles. The third-order valence-corrected chi connectivity index (χ3v) is 1.82. The van der Waals surface area contributed by atoms with Crippen LogP contribution in [0.15, 0.2) is 11.0 Å². The molecule has 2 aromatic heterocycles. The first-order chi connectivity index (χ1) is 6.22. The van der Waals surface area contributed by atoms with E-state index in [1.807, 2.05) is 0 Å². The average molecular weight is 177 g/mol. The Bertz CT molecular complexity index is 524. The van der Waals surface area contributed by atoms with Gasteiger partial charge in [-0.25, -0.2) is 4.98 Å². The predicted molar refractivity (Wildman–Crippen MR) is 46.8 cm³/mol. The van der Waals surface area contributed by atoms with E-state index in [1.165, 1.54) is 6.20 Å². The lowest BCUT2D eigenvalue weighted by Crippen LogP contribution is -2.09. The molecule has 0 aliphatic rings. The molecule has 0 saturated carbocycles. The van der Waals surface area contributed by atoms with Gasteiger partial charge in [0.05, 0.1) is 5.39 Å². The van der Waals surface area contributed by atoms with Gasteiger partial charge < -0.3 is 9.97 Å². The van der Waals surface area contributed by atoms with Crippen molar-refractivity contribution >= 4 is 17.3 Å². The lowest BCUT2D eigenvalue weighted by Gasteiger charge is -1.91. The maximum absolute atomic E-state index is 11.4. The molecular formula is C8H7N3O2. The number of carbonyl (C=O) groups is 1. The summed E-state index contributed by atoms with van der Waals surface area (Å²) in [5.41, 5.74) is 0.498. The highest BCUT2D eigenvalue weighted by Crippen LogP contribution is 2.08. The standard InChI is InChI=1S/C8H7N3O2/c1-4-10-7-6(8(13)11-4)5(3-12)2-9-7/h2-3H,1H3,(H2,9,10,11,13). The van der Waals surface area contributed by atoms with Gasteiger partial charge in [0, 0.05) is 11.8 Å². The fourth-order valence-corrected chi connectivity index (χ4v) is 1.27. The van der Waals surface area contributed by atoms with Crippen LogP contribution in [0.3, 0.4) is 0 Å². The number of rotatable bonds is 1. The molecule has 5 nitrogen and oxygen atoms in total. The van der Waals surface area contributed by atoms with E-state index in [4.69, 9.17) is 0 Å². The largest absolute Gasteiger partial charge is 0.345 e. The van der Waals surface area contributed by atoms with E-state index in [2.05, 4.69) is 15.0 Å². The number of hydrogen-bond donors (Lipinski definition) is 2. The van der Waals surface area contributed by atoms with Crippen LogP contribution < -0.4 is 5.56 Å². The molecule has 0 atom stereocenters. The summed E-state index contributed by atoms with van der Waals surface area (Å²) in [4.78, 5) is 31.2. The zero-order chi connectivity index (χ0) is 9.42. The summed E-state index contributed by atoms with van der Waals surface area (Å²) in [6.07, 6.45) is 2.10. The number of aldehydes is 1. The summed E-state index contributed by atoms with van der Waals surface area (Å²) in [6, 6.07) is 0. The van der Waals surface area contributed by atoms with Crippen molar-refractivity contribution in [1.29, 1.82) is 0 Å². The minimum atomic E-state index is -0.286. The van der Waals surface area contributed by atoms with Crippen molar-refractivity contribution in [3.8, 4) is 0 Å². The fraction of sp³-hybridized carbons (Fsp3) is 0.125. The second-order valence-electron chi connectivity index (χ2n) is 2.74. The number of nitrogens with one attached hydrogen (secondary N) is 2. The predicted octanol–water partition coefficient (Wildman–Crippen LogP) is 0.372. The fourth-order valence-electron chi connectivity index (χ4n) is 1.27. The number of nitrogens with zero attached hydrogens (tertiary/aromatic N) is 1. The molecule has 0 aromatic carbocycles. The summed E-state index contributed by atoms with van der Waals surface area (Å²) in [5.74, 6) is 0.525. The van der Waals surface area contributed by atoms with Gasteiger partial charge in [0.1, 0.15) is 11.5 Å². The first-order valence-electron chi connectivity index (χ1n) is 3.75. The van der Waals surface area contributed by atoms with Gasteiger partial charge in [-0.05, 0) is 6.92 Å². The van der Waals surface area contributed by atoms with Gasteiger partial charge in [-0.15, -0.1) is 0 Å². The van der Waals surface area contributed by atoms with Crippen molar-refractivity contribution in [3.05, 3.63) is 27.9 Å². The number of aromatic amines is 2. The molecule has 2 N–H and O–H groups in total. The van der Waals surface area contributed by atoms with E-state index >= 15 is 0 Å². The van der Waals surface area contributed by atoms with Gasteiger partial charge in [0.2, 0.25) is 0 Å². The highest BCUT2D eigenvalue weighted by molar-refractivity contribution is 5.94. The maximum Gasteiger partial charge on any atom is 0.261 e. The smallest absolute Gasteiger partial charge is 0.261 e. The lowest BCUT2D eigenvalue weighted by atomic mass is 10.3. The summed E-state index contributed by atoms with van der Waals surface area (Å²) < 4.78 is 0.